The van der Waals surface area contributed by atoms with Crippen molar-refractivity contribution in [3.05, 3.63) is 64.8 Å². The van der Waals surface area contributed by atoms with Crippen LogP contribution in [0.1, 0.15) is 45.0 Å². The monoisotopic (exact) mass is 437 g/mol. The van der Waals surface area contributed by atoms with E-state index in [1.165, 1.54) is 11.3 Å². The molecule has 31 heavy (non-hydrogen) atoms. The maximum absolute atomic E-state index is 13.2. The van der Waals surface area contributed by atoms with Crippen molar-refractivity contribution in [2.75, 3.05) is 26.8 Å². The molecule has 0 bridgehead atoms. The van der Waals surface area contributed by atoms with Gasteiger partial charge in [-0.1, -0.05) is 24.3 Å². The molecule has 6 nitrogen and oxygen atoms in total. The number of piperidine rings is 1. The summed E-state index contributed by atoms with van der Waals surface area (Å²) in [5.41, 5.74) is 1.50. The first-order valence-corrected chi connectivity index (χ1v) is 11.5. The molecule has 1 N–H and O–H groups in total. The first-order valence-electron chi connectivity index (χ1n) is 10.7. The van der Waals surface area contributed by atoms with Crippen LogP contribution < -0.4 is 5.32 Å². The second kappa shape index (κ2) is 10.0. The van der Waals surface area contributed by atoms with E-state index in [4.69, 9.17) is 4.74 Å². The molecule has 1 aromatic carbocycles. The lowest BCUT2D eigenvalue weighted by Crippen LogP contribution is -2.45. The fourth-order valence-corrected chi connectivity index (χ4v) is 5.33. The van der Waals surface area contributed by atoms with Gasteiger partial charge in [0.2, 0.25) is 0 Å². The highest BCUT2D eigenvalue weighted by Crippen LogP contribution is 2.34. The van der Waals surface area contributed by atoms with Crippen molar-refractivity contribution >= 4 is 33.2 Å². The number of nitrogens with one attached hydrogen (secondary N) is 1. The van der Waals surface area contributed by atoms with Crippen molar-refractivity contribution < 1.29 is 14.3 Å². The molecule has 3 heterocycles. The molecule has 0 aliphatic carbocycles. The number of rotatable bonds is 7. The number of nitrogens with zero attached hydrogens (tertiary/aromatic N) is 2. The van der Waals surface area contributed by atoms with Gasteiger partial charge in [-0.2, -0.15) is 0 Å². The summed E-state index contributed by atoms with van der Waals surface area (Å²) in [5, 5.41) is 4.05. The molecule has 0 spiro atoms. The van der Waals surface area contributed by atoms with Crippen molar-refractivity contribution in [1.82, 2.24) is 15.2 Å². The van der Waals surface area contributed by atoms with Crippen LogP contribution in [-0.4, -0.2) is 54.5 Å². The van der Waals surface area contributed by atoms with Gasteiger partial charge < -0.3 is 15.0 Å². The Labute approximate surface area is 186 Å². The van der Waals surface area contributed by atoms with E-state index < -0.39 is 0 Å². The van der Waals surface area contributed by atoms with E-state index >= 15 is 0 Å². The lowest BCUT2D eigenvalue weighted by Gasteiger charge is -2.36. The van der Waals surface area contributed by atoms with Crippen LogP contribution in [0.3, 0.4) is 0 Å². The Kier molecular flexibility index (Phi) is 6.94. The van der Waals surface area contributed by atoms with Gasteiger partial charge >= 0.3 is 0 Å². The first-order chi connectivity index (χ1) is 15.2. The van der Waals surface area contributed by atoms with Crippen LogP contribution in [0.4, 0.5) is 0 Å². The molecule has 162 valence electrons. The lowest BCUT2D eigenvalue weighted by molar-refractivity contribution is 0.0608. The summed E-state index contributed by atoms with van der Waals surface area (Å²) in [6.07, 6.45) is 5.31. The molecule has 0 unspecified atom stereocenters. The average molecular weight is 438 g/mol. The summed E-state index contributed by atoms with van der Waals surface area (Å²) < 4.78 is 6.15. The van der Waals surface area contributed by atoms with E-state index in [2.05, 4.69) is 16.4 Å². The molecule has 1 aliphatic heterocycles. The topological polar surface area (TPSA) is 71.5 Å². The minimum Gasteiger partial charge on any atom is -0.383 e. The van der Waals surface area contributed by atoms with Crippen LogP contribution in [0, 0.1) is 0 Å². The number of hydrogen-bond acceptors (Lipinski definition) is 5. The maximum atomic E-state index is 13.2. The Hall–Kier alpha value is -2.77. The number of fused-ring (bicyclic) bond motifs is 1. The van der Waals surface area contributed by atoms with E-state index in [9.17, 15) is 9.59 Å². The molecule has 0 radical (unpaired) electrons. The van der Waals surface area contributed by atoms with Gasteiger partial charge in [-0.15, -0.1) is 11.3 Å². The zero-order chi connectivity index (χ0) is 21.6. The van der Waals surface area contributed by atoms with Crippen molar-refractivity contribution in [3.63, 3.8) is 0 Å². The van der Waals surface area contributed by atoms with Gasteiger partial charge in [0.05, 0.1) is 11.5 Å². The van der Waals surface area contributed by atoms with Crippen LogP contribution in [0.2, 0.25) is 0 Å². The van der Waals surface area contributed by atoms with E-state index in [-0.39, 0.29) is 17.9 Å². The molecule has 7 heteroatoms. The molecule has 1 atom stereocenters. The van der Waals surface area contributed by atoms with Gasteiger partial charge in [0.15, 0.2) is 0 Å². The number of hydrogen-bond donors (Lipinski definition) is 1. The lowest BCUT2D eigenvalue weighted by atomic mass is 9.93. The van der Waals surface area contributed by atoms with E-state index in [1.807, 2.05) is 35.2 Å². The van der Waals surface area contributed by atoms with Gasteiger partial charge in [-0.05, 0) is 54.8 Å². The Morgan fingerprint density at radius 1 is 1.19 bits per heavy atom. The summed E-state index contributed by atoms with van der Waals surface area (Å²) in [4.78, 5) is 33.0. The number of aromatic nitrogens is 1. The Balaban J connectivity index is 1.63. The molecular formula is C24H27N3O3S. The van der Waals surface area contributed by atoms with Gasteiger partial charge in [0.1, 0.15) is 5.69 Å². The zero-order valence-corrected chi connectivity index (χ0v) is 18.5. The highest BCUT2D eigenvalue weighted by molar-refractivity contribution is 7.21. The third kappa shape index (κ3) is 4.78. The normalized spacial score (nSPS) is 16.4. The SMILES string of the molecule is COCCNC(=O)c1sc2ccccc2c1C[C@@H]1CCCCN1C(=O)c1ccccn1. The summed E-state index contributed by atoms with van der Waals surface area (Å²) in [6, 6.07) is 13.6. The van der Waals surface area contributed by atoms with E-state index in [0.29, 0.717) is 25.3 Å². The second-order valence-corrected chi connectivity index (χ2v) is 8.77. The summed E-state index contributed by atoms with van der Waals surface area (Å²) in [7, 11) is 1.62. The number of thiophene rings is 1. The van der Waals surface area contributed by atoms with Crippen LogP contribution in [-0.2, 0) is 11.2 Å². The average Bonchev–Trinajstić information content (AvgIpc) is 3.18. The van der Waals surface area contributed by atoms with Crippen LogP contribution in [0.15, 0.2) is 48.7 Å². The van der Waals surface area contributed by atoms with E-state index in [0.717, 1.165) is 46.3 Å². The van der Waals surface area contributed by atoms with Gasteiger partial charge in [0.25, 0.3) is 11.8 Å². The number of amides is 2. The van der Waals surface area contributed by atoms with Gasteiger partial charge in [0, 0.05) is 37.1 Å². The second-order valence-electron chi connectivity index (χ2n) is 7.72. The summed E-state index contributed by atoms with van der Waals surface area (Å²) >= 11 is 1.52. The number of carbonyl (C=O) groups is 2. The van der Waals surface area contributed by atoms with Crippen molar-refractivity contribution in [3.8, 4) is 0 Å². The van der Waals surface area contributed by atoms with Crippen LogP contribution in [0.25, 0.3) is 10.1 Å². The number of methoxy groups -OCH3 is 1. The number of benzene rings is 1. The van der Waals surface area contributed by atoms with Crippen LogP contribution >= 0.6 is 11.3 Å². The van der Waals surface area contributed by atoms with Crippen molar-refractivity contribution in [1.29, 1.82) is 0 Å². The standard InChI is InChI=1S/C24H27N3O3S/c1-30-15-13-26-23(28)22-19(18-9-2-3-11-21(18)31-22)16-17-8-5-7-14-27(17)24(29)20-10-4-6-12-25-20/h2-4,6,9-12,17H,5,7-8,13-16H2,1H3,(H,26,28)/t17-/m0/s1. The number of carbonyl (C=O) groups excluding carboxylic acids is 2. The highest BCUT2D eigenvalue weighted by Gasteiger charge is 2.30. The van der Waals surface area contributed by atoms with E-state index in [1.54, 1.807) is 19.4 Å². The molecule has 4 rings (SSSR count). The minimum atomic E-state index is -0.0772. The molecule has 1 aliphatic rings. The molecule has 2 aromatic heterocycles. The molecule has 1 fully saturated rings. The molecule has 0 saturated carbocycles. The van der Waals surface area contributed by atoms with Crippen molar-refractivity contribution in [2.24, 2.45) is 0 Å². The molecule has 3 aromatic rings. The zero-order valence-electron chi connectivity index (χ0n) is 17.7. The maximum Gasteiger partial charge on any atom is 0.272 e. The van der Waals surface area contributed by atoms with Gasteiger partial charge in [-0.3, -0.25) is 14.6 Å². The number of ether oxygens (including phenoxy) is 1. The third-order valence-electron chi connectivity index (χ3n) is 5.71. The smallest absolute Gasteiger partial charge is 0.272 e. The third-order valence-corrected chi connectivity index (χ3v) is 6.92. The Bertz CT molecular complexity index is 1050. The largest absolute Gasteiger partial charge is 0.383 e. The predicted molar refractivity (Wildman–Crippen MR) is 123 cm³/mol. The Morgan fingerprint density at radius 3 is 2.84 bits per heavy atom. The summed E-state index contributed by atoms with van der Waals surface area (Å²) in [6.45, 7) is 1.66. The Morgan fingerprint density at radius 2 is 2.03 bits per heavy atom. The molecular weight excluding hydrogens is 410 g/mol. The predicted octanol–water partition coefficient (Wildman–Crippen LogP) is 3.91. The number of likely N-dealkylation sites (tertiary alicyclic amines) is 1. The summed E-state index contributed by atoms with van der Waals surface area (Å²) in [5.74, 6) is -0.109. The fraction of sp³-hybridized carbons (Fsp3) is 0.375. The van der Waals surface area contributed by atoms with Crippen molar-refractivity contribution in [2.45, 2.75) is 31.7 Å². The molecule has 1 saturated heterocycles. The quantitative estimate of drug-likeness (QED) is 0.569. The van der Waals surface area contributed by atoms with Gasteiger partial charge in [-0.25, -0.2) is 0 Å². The molecule has 2 amide bonds. The van der Waals surface area contributed by atoms with Crippen LogP contribution in [0.5, 0.6) is 0 Å². The first kappa shape index (κ1) is 21.5. The fourth-order valence-electron chi connectivity index (χ4n) is 4.18. The number of pyridine rings is 1. The minimum absolute atomic E-state index is 0.0315. The highest BCUT2D eigenvalue weighted by atomic mass is 32.1.